The van der Waals surface area contributed by atoms with Crippen molar-refractivity contribution in [1.82, 2.24) is 10.3 Å². The number of benzene rings is 1. The number of hydrogen-bond acceptors (Lipinski definition) is 2. The van der Waals surface area contributed by atoms with E-state index in [4.69, 9.17) is 6.42 Å². The molecule has 0 spiro atoms. The second kappa shape index (κ2) is 4.80. The van der Waals surface area contributed by atoms with E-state index < -0.39 is 0 Å². The Kier molecular flexibility index (Phi) is 3.36. The number of pyridine rings is 1. The van der Waals surface area contributed by atoms with E-state index in [0.29, 0.717) is 0 Å². The van der Waals surface area contributed by atoms with Gasteiger partial charge in [0.25, 0.3) is 0 Å². The summed E-state index contributed by atoms with van der Waals surface area (Å²) in [6.07, 6.45) is 5.49. The maximum Gasteiger partial charge on any atom is 0.0743 e. The Hall–Kier alpha value is -1.85. The zero-order chi connectivity index (χ0) is 13.2. The molecular formula is C16H18N2. The van der Waals surface area contributed by atoms with Crippen molar-refractivity contribution in [3.63, 3.8) is 0 Å². The molecule has 0 atom stereocenters. The van der Waals surface area contributed by atoms with Gasteiger partial charge in [0.05, 0.1) is 11.1 Å². The lowest BCUT2D eigenvalue weighted by Crippen LogP contribution is -2.37. The first-order valence-electron chi connectivity index (χ1n) is 6.10. The van der Waals surface area contributed by atoms with E-state index in [1.165, 1.54) is 10.9 Å². The molecule has 0 aliphatic heterocycles. The van der Waals surface area contributed by atoms with Gasteiger partial charge < -0.3 is 0 Å². The van der Waals surface area contributed by atoms with Crippen LogP contribution in [0.5, 0.6) is 0 Å². The first-order chi connectivity index (χ1) is 8.52. The predicted molar refractivity (Wildman–Crippen MR) is 76.2 cm³/mol. The molecule has 1 N–H and O–H groups in total. The van der Waals surface area contributed by atoms with Crippen molar-refractivity contribution in [2.75, 3.05) is 0 Å². The SMILES string of the molecule is C#CC(C)(C)NCc1cc(C)nc2ccccc12. The second-order valence-corrected chi connectivity index (χ2v) is 5.06. The average Bonchev–Trinajstić information content (AvgIpc) is 2.36. The van der Waals surface area contributed by atoms with Gasteiger partial charge in [-0.3, -0.25) is 10.3 Å². The Morgan fingerprint density at radius 1 is 1.33 bits per heavy atom. The molecule has 0 saturated carbocycles. The molecule has 2 nitrogen and oxygen atoms in total. The summed E-state index contributed by atoms with van der Waals surface area (Å²) >= 11 is 0. The summed E-state index contributed by atoms with van der Waals surface area (Å²) in [5, 5.41) is 4.56. The third-order valence-corrected chi connectivity index (χ3v) is 3.01. The van der Waals surface area contributed by atoms with E-state index in [0.717, 1.165) is 17.8 Å². The first-order valence-corrected chi connectivity index (χ1v) is 6.10. The summed E-state index contributed by atoms with van der Waals surface area (Å²) in [6.45, 7) is 6.77. The van der Waals surface area contributed by atoms with Crippen LogP contribution in [0.15, 0.2) is 30.3 Å². The van der Waals surface area contributed by atoms with Crippen LogP contribution in [-0.2, 0) is 6.54 Å². The number of fused-ring (bicyclic) bond motifs is 1. The molecule has 1 aromatic heterocycles. The van der Waals surface area contributed by atoms with E-state index in [-0.39, 0.29) is 5.54 Å². The maximum absolute atomic E-state index is 5.49. The largest absolute Gasteiger partial charge is 0.297 e. The van der Waals surface area contributed by atoms with Gasteiger partial charge in [0.1, 0.15) is 0 Å². The van der Waals surface area contributed by atoms with Crippen molar-refractivity contribution in [1.29, 1.82) is 0 Å². The predicted octanol–water partition coefficient (Wildman–Crippen LogP) is 3.04. The molecule has 0 saturated heterocycles. The molecule has 0 unspecified atom stereocenters. The first kappa shape index (κ1) is 12.6. The fourth-order valence-corrected chi connectivity index (χ4v) is 1.91. The van der Waals surface area contributed by atoms with Crippen LogP contribution in [0.2, 0.25) is 0 Å². The highest BCUT2D eigenvalue weighted by Crippen LogP contribution is 2.18. The summed E-state index contributed by atoms with van der Waals surface area (Å²) in [6, 6.07) is 10.3. The summed E-state index contributed by atoms with van der Waals surface area (Å²) in [4.78, 5) is 4.53. The zero-order valence-corrected chi connectivity index (χ0v) is 11.1. The normalized spacial score (nSPS) is 11.4. The quantitative estimate of drug-likeness (QED) is 0.831. The van der Waals surface area contributed by atoms with Gasteiger partial charge in [-0.1, -0.05) is 24.1 Å². The molecule has 0 fully saturated rings. The fraction of sp³-hybridized carbons (Fsp3) is 0.312. The van der Waals surface area contributed by atoms with Crippen LogP contribution in [0.1, 0.15) is 25.1 Å². The topological polar surface area (TPSA) is 24.9 Å². The van der Waals surface area contributed by atoms with Crippen LogP contribution in [0.25, 0.3) is 10.9 Å². The minimum Gasteiger partial charge on any atom is -0.297 e. The molecule has 2 heteroatoms. The minimum absolute atomic E-state index is 0.293. The molecule has 0 aliphatic rings. The fourth-order valence-electron chi connectivity index (χ4n) is 1.91. The number of nitrogens with zero attached hydrogens (tertiary/aromatic N) is 1. The van der Waals surface area contributed by atoms with Crippen molar-refractivity contribution < 1.29 is 0 Å². The number of hydrogen-bond donors (Lipinski definition) is 1. The van der Waals surface area contributed by atoms with E-state index in [9.17, 15) is 0 Å². The zero-order valence-electron chi connectivity index (χ0n) is 11.1. The van der Waals surface area contributed by atoms with Crippen molar-refractivity contribution in [2.24, 2.45) is 0 Å². The van der Waals surface area contributed by atoms with Crippen molar-refractivity contribution in [3.05, 3.63) is 41.6 Å². The highest BCUT2D eigenvalue weighted by Gasteiger charge is 2.13. The van der Waals surface area contributed by atoms with Crippen LogP contribution in [-0.4, -0.2) is 10.5 Å². The monoisotopic (exact) mass is 238 g/mol. The number of rotatable bonds is 3. The highest BCUT2D eigenvalue weighted by atomic mass is 14.9. The van der Waals surface area contributed by atoms with Gasteiger partial charge in [0, 0.05) is 17.6 Å². The summed E-state index contributed by atoms with van der Waals surface area (Å²) in [7, 11) is 0. The van der Waals surface area contributed by atoms with Crippen LogP contribution >= 0.6 is 0 Å². The van der Waals surface area contributed by atoms with Gasteiger partial charge in [-0.2, -0.15) is 0 Å². The van der Waals surface area contributed by atoms with Crippen molar-refractivity contribution in [3.8, 4) is 12.3 Å². The smallest absolute Gasteiger partial charge is 0.0743 e. The lowest BCUT2D eigenvalue weighted by molar-refractivity contribution is 0.492. The summed E-state index contributed by atoms with van der Waals surface area (Å²) in [5.74, 6) is 2.75. The molecule has 2 aromatic rings. The molecule has 0 amide bonds. The molecule has 18 heavy (non-hydrogen) atoms. The molecule has 0 radical (unpaired) electrons. The van der Waals surface area contributed by atoms with E-state index in [1.807, 2.05) is 39.0 Å². The van der Waals surface area contributed by atoms with Gasteiger partial charge in [0.2, 0.25) is 0 Å². The van der Waals surface area contributed by atoms with Gasteiger partial charge in [-0.25, -0.2) is 0 Å². The highest BCUT2D eigenvalue weighted by molar-refractivity contribution is 5.82. The Morgan fingerprint density at radius 2 is 2.06 bits per heavy atom. The van der Waals surface area contributed by atoms with Gasteiger partial charge in [-0.15, -0.1) is 6.42 Å². The Bertz CT molecular complexity index is 606. The third kappa shape index (κ3) is 2.69. The maximum atomic E-state index is 5.49. The van der Waals surface area contributed by atoms with Crippen LogP contribution in [0, 0.1) is 19.3 Å². The van der Waals surface area contributed by atoms with Crippen molar-refractivity contribution >= 4 is 10.9 Å². The second-order valence-electron chi connectivity index (χ2n) is 5.06. The number of aromatic nitrogens is 1. The third-order valence-electron chi connectivity index (χ3n) is 3.01. The van der Waals surface area contributed by atoms with Crippen LogP contribution < -0.4 is 5.32 Å². The molecule has 92 valence electrons. The summed E-state index contributed by atoms with van der Waals surface area (Å²) in [5.41, 5.74) is 3.01. The van der Waals surface area contributed by atoms with E-state index in [1.54, 1.807) is 0 Å². The average molecular weight is 238 g/mol. The lowest BCUT2D eigenvalue weighted by atomic mass is 10.0. The molecule has 1 heterocycles. The molecular weight excluding hydrogens is 220 g/mol. The minimum atomic E-state index is -0.293. The lowest BCUT2D eigenvalue weighted by Gasteiger charge is -2.20. The van der Waals surface area contributed by atoms with Gasteiger partial charge >= 0.3 is 0 Å². The van der Waals surface area contributed by atoms with E-state index >= 15 is 0 Å². The summed E-state index contributed by atoms with van der Waals surface area (Å²) < 4.78 is 0. The van der Waals surface area contributed by atoms with Gasteiger partial charge in [-0.05, 0) is 38.5 Å². The van der Waals surface area contributed by atoms with Crippen LogP contribution in [0.4, 0.5) is 0 Å². The Morgan fingerprint density at radius 3 is 2.78 bits per heavy atom. The van der Waals surface area contributed by atoms with Gasteiger partial charge in [0.15, 0.2) is 0 Å². The molecule has 0 aliphatic carbocycles. The van der Waals surface area contributed by atoms with Crippen molar-refractivity contribution in [2.45, 2.75) is 32.9 Å². The Labute approximate surface area is 108 Å². The molecule has 1 aromatic carbocycles. The number of nitrogens with one attached hydrogen (secondary N) is 1. The number of terminal acetylenes is 1. The van der Waals surface area contributed by atoms with E-state index in [2.05, 4.69) is 28.4 Å². The number of para-hydroxylation sites is 1. The van der Waals surface area contributed by atoms with Crippen LogP contribution in [0.3, 0.4) is 0 Å². The standard InChI is InChI=1S/C16H18N2/c1-5-16(3,4)17-11-13-10-12(2)18-15-9-7-6-8-14(13)15/h1,6-10,17H,11H2,2-4H3. The molecule has 2 rings (SSSR count). The number of aryl methyl sites for hydroxylation is 1. The Balaban J connectivity index is 2.36. The molecule has 0 bridgehead atoms.